The number of hydrogen-bond acceptors (Lipinski definition) is 4. The molecule has 1 aliphatic rings. The number of nitrogens with one attached hydrogen (secondary N) is 1. The van der Waals surface area contributed by atoms with Crippen LogP contribution in [0.25, 0.3) is 0 Å². The number of carboxylic acids is 1. The van der Waals surface area contributed by atoms with E-state index in [1.54, 1.807) is 20.8 Å². The number of anilines is 1. The standard InChI is InChI=1S/C16H21FN2O4/c1-15(2,3)23-14(22)19-9-4-5-11(17)10(8-9)16(6-7-16)12(18)13(20)21/h4-5,8,12H,6-7,18H2,1-3H3,(H,19,22)(H,20,21). The first-order valence-electron chi connectivity index (χ1n) is 7.33. The van der Waals surface area contributed by atoms with E-state index in [2.05, 4.69) is 5.32 Å². The number of benzene rings is 1. The predicted molar refractivity (Wildman–Crippen MR) is 82.8 cm³/mol. The first-order valence-corrected chi connectivity index (χ1v) is 7.33. The first-order chi connectivity index (χ1) is 10.5. The summed E-state index contributed by atoms with van der Waals surface area (Å²) >= 11 is 0. The van der Waals surface area contributed by atoms with Crippen LogP contribution < -0.4 is 11.1 Å². The van der Waals surface area contributed by atoms with Gasteiger partial charge in [-0.15, -0.1) is 0 Å². The fourth-order valence-electron chi connectivity index (χ4n) is 2.52. The molecule has 23 heavy (non-hydrogen) atoms. The molecule has 1 aromatic carbocycles. The molecule has 1 aromatic rings. The SMILES string of the molecule is CC(C)(C)OC(=O)Nc1ccc(F)c(C2(C(N)C(=O)O)CC2)c1. The molecular weight excluding hydrogens is 303 g/mol. The van der Waals surface area contributed by atoms with Crippen molar-refractivity contribution in [3.63, 3.8) is 0 Å². The molecule has 0 radical (unpaired) electrons. The van der Waals surface area contributed by atoms with Gasteiger partial charge in [-0.2, -0.15) is 0 Å². The van der Waals surface area contributed by atoms with Crippen LogP contribution in [0.1, 0.15) is 39.2 Å². The zero-order chi connectivity index (χ0) is 17.4. The Morgan fingerprint density at radius 3 is 2.48 bits per heavy atom. The second-order valence-electron chi connectivity index (χ2n) is 6.79. The van der Waals surface area contributed by atoms with Crippen molar-refractivity contribution in [2.45, 2.75) is 50.7 Å². The Balaban J connectivity index is 2.24. The van der Waals surface area contributed by atoms with Crippen molar-refractivity contribution < 1.29 is 23.8 Å². The van der Waals surface area contributed by atoms with Gasteiger partial charge >= 0.3 is 12.1 Å². The van der Waals surface area contributed by atoms with Crippen molar-refractivity contribution in [3.8, 4) is 0 Å². The third-order valence-electron chi connectivity index (χ3n) is 3.80. The van der Waals surface area contributed by atoms with Gasteiger partial charge in [-0.1, -0.05) is 0 Å². The largest absolute Gasteiger partial charge is 0.480 e. The van der Waals surface area contributed by atoms with Crippen molar-refractivity contribution in [3.05, 3.63) is 29.6 Å². The summed E-state index contributed by atoms with van der Waals surface area (Å²) in [5, 5.41) is 11.6. The van der Waals surface area contributed by atoms with Crippen LogP contribution in [-0.2, 0) is 14.9 Å². The molecule has 0 bridgehead atoms. The molecule has 7 heteroatoms. The maximum atomic E-state index is 14.1. The fourth-order valence-corrected chi connectivity index (χ4v) is 2.52. The summed E-state index contributed by atoms with van der Waals surface area (Å²) < 4.78 is 19.3. The minimum absolute atomic E-state index is 0.209. The lowest BCUT2D eigenvalue weighted by Gasteiger charge is -2.22. The van der Waals surface area contributed by atoms with E-state index in [0.717, 1.165) is 0 Å². The van der Waals surface area contributed by atoms with E-state index in [1.807, 2.05) is 0 Å². The highest BCUT2D eigenvalue weighted by molar-refractivity contribution is 5.85. The molecule has 0 aliphatic heterocycles. The number of nitrogens with two attached hydrogens (primary N) is 1. The van der Waals surface area contributed by atoms with Crippen molar-refractivity contribution in [1.29, 1.82) is 0 Å². The van der Waals surface area contributed by atoms with Gasteiger partial charge in [0.05, 0.1) is 0 Å². The fraction of sp³-hybridized carbons (Fsp3) is 0.500. The summed E-state index contributed by atoms with van der Waals surface area (Å²) in [6.45, 7) is 5.19. The lowest BCUT2D eigenvalue weighted by Crippen LogP contribution is -2.42. The molecule has 1 aliphatic carbocycles. The Morgan fingerprint density at radius 1 is 1.39 bits per heavy atom. The van der Waals surface area contributed by atoms with Crippen LogP contribution >= 0.6 is 0 Å². The molecule has 2 rings (SSSR count). The van der Waals surface area contributed by atoms with Crippen molar-refractivity contribution in [2.75, 3.05) is 5.32 Å². The Morgan fingerprint density at radius 2 is 2.00 bits per heavy atom. The van der Waals surface area contributed by atoms with Gasteiger partial charge in [-0.05, 0) is 57.4 Å². The Hall–Kier alpha value is -2.15. The predicted octanol–water partition coefficient (Wildman–Crippen LogP) is 2.62. The molecule has 1 unspecified atom stereocenters. The van der Waals surface area contributed by atoms with E-state index in [9.17, 15) is 14.0 Å². The van der Waals surface area contributed by atoms with Crippen LogP contribution in [0.5, 0.6) is 0 Å². The highest BCUT2D eigenvalue weighted by Crippen LogP contribution is 2.51. The molecule has 0 heterocycles. The van der Waals surface area contributed by atoms with Crippen LogP contribution in [0.15, 0.2) is 18.2 Å². The lowest BCUT2D eigenvalue weighted by molar-refractivity contribution is -0.139. The van der Waals surface area contributed by atoms with E-state index >= 15 is 0 Å². The maximum absolute atomic E-state index is 14.1. The molecule has 1 atom stereocenters. The highest BCUT2D eigenvalue weighted by atomic mass is 19.1. The molecule has 126 valence electrons. The number of halogens is 1. The molecular formula is C16H21FN2O4. The maximum Gasteiger partial charge on any atom is 0.412 e. The Labute approximate surface area is 133 Å². The van der Waals surface area contributed by atoms with Gasteiger partial charge in [0, 0.05) is 11.1 Å². The summed E-state index contributed by atoms with van der Waals surface area (Å²) in [6.07, 6.45) is 0.322. The van der Waals surface area contributed by atoms with E-state index in [0.29, 0.717) is 18.5 Å². The van der Waals surface area contributed by atoms with E-state index in [-0.39, 0.29) is 5.56 Å². The average Bonchev–Trinajstić information content (AvgIpc) is 3.19. The van der Waals surface area contributed by atoms with Gasteiger partial charge in [-0.3, -0.25) is 10.1 Å². The van der Waals surface area contributed by atoms with Crippen LogP contribution in [0.3, 0.4) is 0 Å². The summed E-state index contributed by atoms with van der Waals surface area (Å²) in [5.41, 5.74) is 4.68. The van der Waals surface area contributed by atoms with E-state index in [4.69, 9.17) is 15.6 Å². The molecule has 0 spiro atoms. The van der Waals surface area contributed by atoms with Gasteiger partial charge in [0.15, 0.2) is 0 Å². The van der Waals surface area contributed by atoms with Gasteiger partial charge in [0.1, 0.15) is 17.5 Å². The van der Waals surface area contributed by atoms with Crippen LogP contribution in [0.2, 0.25) is 0 Å². The Kier molecular flexibility index (Phi) is 4.34. The monoisotopic (exact) mass is 324 g/mol. The van der Waals surface area contributed by atoms with Crippen LogP contribution in [0, 0.1) is 5.82 Å². The number of carbonyl (C=O) groups is 2. The molecule has 1 saturated carbocycles. The zero-order valence-corrected chi connectivity index (χ0v) is 13.4. The smallest absolute Gasteiger partial charge is 0.412 e. The van der Waals surface area contributed by atoms with Crippen LogP contribution in [-0.4, -0.2) is 28.8 Å². The molecule has 1 fully saturated rings. The van der Waals surface area contributed by atoms with Crippen molar-refractivity contribution in [2.24, 2.45) is 5.73 Å². The number of carboxylic acid groups (broad SMARTS) is 1. The minimum Gasteiger partial charge on any atom is -0.480 e. The number of hydrogen-bond donors (Lipinski definition) is 3. The Bertz CT molecular complexity index is 635. The zero-order valence-electron chi connectivity index (χ0n) is 13.4. The number of rotatable bonds is 4. The first kappa shape index (κ1) is 17.2. The van der Waals surface area contributed by atoms with Crippen molar-refractivity contribution in [1.82, 2.24) is 0 Å². The van der Waals surface area contributed by atoms with Gasteiger partial charge in [0.25, 0.3) is 0 Å². The van der Waals surface area contributed by atoms with E-state index in [1.165, 1.54) is 18.2 Å². The number of ether oxygens (including phenoxy) is 1. The minimum atomic E-state index is -1.19. The topological polar surface area (TPSA) is 102 Å². The molecule has 1 amide bonds. The number of carbonyl (C=O) groups excluding carboxylic acids is 1. The number of amides is 1. The summed E-state index contributed by atoms with van der Waals surface area (Å²) in [6, 6.07) is 2.82. The average molecular weight is 324 g/mol. The van der Waals surface area contributed by atoms with Gasteiger partial charge < -0.3 is 15.6 Å². The normalized spacial score (nSPS) is 17.3. The van der Waals surface area contributed by atoms with Gasteiger partial charge in [0.2, 0.25) is 0 Å². The third-order valence-corrected chi connectivity index (χ3v) is 3.80. The molecule has 0 aromatic heterocycles. The second-order valence-corrected chi connectivity index (χ2v) is 6.79. The second kappa shape index (κ2) is 5.81. The van der Waals surface area contributed by atoms with Crippen molar-refractivity contribution >= 4 is 17.7 Å². The molecule has 6 nitrogen and oxygen atoms in total. The highest BCUT2D eigenvalue weighted by Gasteiger charge is 2.53. The lowest BCUT2D eigenvalue weighted by atomic mass is 9.87. The quantitative estimate of drug-likeness (QED) is 0.790. The van der Waals surface area contributed by atoms with Crippen LogP contribution in [0.4, 0.5) is 14.9 Å². The third kappa shape index (κ3) is 3.79. The number of aliphatic carboxylic acids is 1. The summed E-state index contributed by atoms with van der Waals surface area (Å²) in [5.74, 6) is -1.71. The van der Waals surface area contributed by atoms with Gasteiger partial charge in [-0.25, -0.2) is 9.18 Å². The summed E-state index contributed by atoms with van der Waals surface area (Å²) in [7, 11) is 0. The molecule has 0 saturated heterocycles. The molecule has 4 N–H and O–H groups in total. The summed E-state index contributed by atoms with van der Waals surface area (Å²) in [4.78, 5) is 22.9. The van der Waals surface area contributed by atoms with E-state index < -0.39 is 34.9 Å².